The number of hydrogen-bond acceptors (Lipinski definition) is 2. The summed E-state index contributed by atoms with van der Waals surface area (Å²) in [6.45, 7) is 2.20. The van der Waals surface area contributed by atoms with Crippen LogP contribution in [0.25, 0.3) is 0 Å². The van der Waals surface area contributed by atoms with Crippen LogP contribution in [0.5, 0.6) is 0 Å². The molecule has 2 atom stereocenters. The zero-order valence-electron chi connectivity index (χ0n) is 11.8. The van der Waals surface area contributed by atoms with E-state index in [0.717, 1.165) is 19.3 Å². The van der Waals surface area contributed by atoms with Gasteiger partial charge >= 0.3 is 0 Å². The third-order valence-corrected chi connectivity index (χ3v) is 4.38. The Kier molecular flexibility index (Phi) is 4.58. The average Bonchev–Trinajstić information content (AvgIpc) is 2.40. The van der Waals surface area contributed by atoms with E-state index >= 15 is 0 Å². The second-order valence-corrected chi connectivity index (χ2v) is 6.10. The number of rotatable bonds is 3. The van der Waals surface area contributed by atoms with Gasteiger partial charge in [-0.25, -0.2) is 8.78 Å². The summed E-state index contributed by atoms with van der Waals surface area (Å²) in [7, 11) is 1.82. The average molecular weight is 298 g/mol. The molecule has 1 aromatic carbocycles. The molecule has 0 heterocycles. The number of thiocarbonyl (C=S) groups is 1. The van der Waals surface area contributed by atoms with Crippen LogP contribution in [0.1, 0.15) is 38.2 Å². The molecule has 2 N–H and O–H groups in total. The van der Waals surface area contributed by atoms with Crippen molar-refractivity contribution >= 4 is 22.9 Å². The fourth-order valence-electron chi connectivity index (χ4n) is 2.95. The van der Waals surface area contributed by atoms with Crippen LogP contribution >= 0.6 is 12.2 Å². The third-order valence-electron chi connectivity index (χ3n) is 4.16. The zero-order valence-corrected chi connectivity index (χ0v) is 12.6. The second-order valence-electron chi connectivity index (χ2n) is 5.66. The molecule has 1 aliphatic rings. The number of halogens is 2. The molecule has 0 saturated heterocycles. The molecule has 110 valence electrons. The van der Waals surface area contributed by atoms with Crippen LogP contribution in [0.2, 0.25) is 0 Å². The summed E-state index contributed by atoms with van der Waals surface area (Å²) in [6, 6.07) is 3.27. The minimum Gasteiger partial charge on any atom is -0.389 e. The van der Waals surface area contributed by atoms with Crippen LogP contribution in [0.15, 0.2) is 12.1 Å². The predicted octanol–water partition coefficient (Wildman–Crippen LogP) is 3.61. The van der Waals surface area contributed by atoms with E-state index in [1.807, 2.05) is 11.9 Å². The molecule has 1 aromatic rings. The Bertz CT molecular complexity index is 519. The number of hydrogen-bond donors (Lipinski definition) is 1. The van der Waals surface area contributed by atoms with Crippen LogP contribution < -0.4 is 10.6 Å². The molecule has 5 heteroatoms. The summed E-state index contributed by atoms with van der Waals surface area (Å²) < 4.78 is 28.1. The van der Waals surface area contributed by atoms with Gasteiger partial charge in [0.2, 0.25) is 0 Å². The molecule has 20 heavy (non-hydrogen) atoms. The Morgan fingerprint density at radius 3 is 2.60 bits per heavy atom. The van der Waals surface area contributed by atoms with Gasteiger partial charge in [0.25, 0.3) is 0 Å². The van der Waals surface area contributed by atoms with Gasteiger partial charge in [0, 0.05) is 18.7 Å². The Hall–Kier alpha value is -1.23. The fraction of sp³-hybridized carbons (Fsp3) is 0.533. The van der Waals surface area contributed by atoms with Crippen molar-refractivity contribution in [2.24, 2.45) is 11.7 Å². The Labute approximate surface area is 123 Å². The lowest BCUT2D eigenvalue weighted by Gasteiger charge is -2.35. The van der Waals surface area contributed by atoms with Crippen LogP contribution in [-0.4, -0.2) is 18.1 Å². The molecule has 0 radical (unpaired) electrons. The van der Waals surface area contributed by atoms with Crippen molar-refractivity contribution in [2.75, 3.05) is 11.9 Å². The van der Waals surface area contributed by atoms with Crippen molar-refractivity contribution in [1.29, 1.82) is 0 Å². The molecule has 0 aliphatic heterocycles. The quantitative estimate of drug-likeness (QED) is 0.864. The highest BCUT2D eigenvalue weighted by Crippen LogP contribution is 2.32. The maximum Gasteiger partial charge on any atom is 0.182 e. The van der Waals surface area contributed by atoms with Crippen molar-refractivity contribution in [3.05, 3.63) is 29.3 Å². The number of benzene rings is 1. The van der Waals surface area contributed by atoms with Crippen LogP contribution in [-0.2, 0) is 0 Å². The molecular weight excluding hydrogens is 278 g/mol. The van der Waals surface area contributed by atoms with Gasteiger partial charge in [-0.1, -0.05) is 32.0 Å². The molecule has 1 fully saturated rings. The molecule has 1 saturated carbocycles. The molecular formula is C15H20F2N2S. The van der Waals surface area contributed by atoms with Gasteiger partial charge in [0.1, 0.15) is 4.99 Å². The topological polar surface area (TPSA) is 29.3 Å². The summed E-state index contributed by atoms with van der Waals surface area (Å²) in [4.78, 5) is 1.72. The maximum atomic E-state index is 14.2. The smallest absolute Gasteiger partial charge is 0.182 e. The summed E-state index contributed by atoms with van der Waals surface area (Å²) in [5.74, 6) is -1.19. The Morgan fingerprint density at radius 1 is 1.30 bits per heavy atom. The number of nitrogens with two attached hydrogens (primary N) is 1. The number of nitrogens with zero attached hydrogens (tertiary/aromatic N) is 1. The van der Waals surface area contributed by atoms with Gasteiger partial charge < -0.3 is 10.6 Å². The Balaban J connectivity index is 2.28. The van der Waals surface area contributed by atoms with Crippen LogP contribution in [0.3, 0.4) is 0 Å². The summed E-state index contributed by atoms with van der Waals surface area (Å²) in [6.07, 6.45) is 4.36. The highest BCUT2D eigenvalue weighted by Gasteiger charge is 2.26. The van der Waals surface area contributed by atoms with Gasteiger partial charge in [-0.05, 0) is 30.9 Å². The SMILES string of the molecule is CC1CCCC(N(C)c2ccc(C(N)=S)c(F)c2F)C1. The third kappa shape index (κ3) is 2.92. The first kappa shape index (κ1) is 15.2. The first-order valence-electron chi connectivity index (χ1n) is 6.92. The molecule has 1 aliphatic carbocycles. The van der Waals surface area contributed by atoms with Gasteiger partial charge in [0.05, 0.1) is 5.69 Å². The maximum absolute atomic E-state index is 14.2. The highest BCUT2D eigenvalue weighted by atomic mass is 32.1. The van der Waals surface area contributed by atoms with Crippen molar-refractivity contribution < 1.29 is 8.78 Å². The van der Waals surface area contributed by atoms with E-state index in [9.17, 15) is 8.78 Å². The van der Waals surface area contributed by atoms with E-state index in [-0.39, 0.29) is 22.3 Å². The molecule has 0 amide bonds. The molecule has 2 nitrogen and oxygen atoms in total. The molecule has 0 aromatic heterocycles. The Morgan fingerprint density at radius 2 is 2.00 bits per heavy atom. The zero-order chi connectivity index (χ0) is 14.9. The lowest BCUT2D eigenvalue weighted by Crippen LogP contribution is -2.36. The van der Waals surface area contributed by atoms with Crippen molar-refractivity contribution in [2.45, 2.75) is 38.6 Å². The number of anilines is 1. The largest absolute Gasteiger partial charge is 0.389 e. The van der Waals surface area contributed by atoms with Crippen molar-refractivity contribution in [3.8, 4) is 0 Å². The van der Waals surface area contributed by atoms with Gasteiger partial charge in [0.15, 0.2) is 11.6 Å². The fourth-order valence-corrected chi connectivity index (χ4v) is 3.11. The normalized spacial score (nSPS) is 22.6. The molecule has 2 unspecified atom stereocenters. The van der Waals surface area contributed by atoms with Gasteiger partial charge in [-0.15, -0.1) is 0 Å². The summed E-state index contributed by atoms with van der Waals surface area (Å²) in [5.41, 5.74) is 5.63. The minimum absolute atomic E-state index is 0.0355. The van der Waals surface area contributed by atoms with E-state index in [1.165, 1.54) is 12.5 Å². The molecule has 0 spiro atoms. The van der Waals surface area contributed by atoms with Gasteiger partial charge in [-0.2, -0.15) is 0 Å². The van der Waals surface area contributed by atoms with Crippen LogP contribution in [0.4, 0.5) is 14.5 Å². The van der Waals surface area contributed by atoms with E-state index < -0.39 is 11.6 Å². The summed E-state index contributed by atoms with van der Waals surface area (Å²) in [5, 5.41) is 0. The van der Waals surface area contributed by atoms with E-state index in [4.69, 9.17) is 18.0 Å². The van der Waals surface area contributed by atoms with E-state index in [1.54, 1.807) is 6.07 Å². The predicted molar refractivity (Wildman–Crippen MR) is 82.1 cm³/mol. The standard InChI is InChI=1S/C15H20F2N2S/c1-9-4-3-5-10(8-9)19(2)12-7-6-11(15(18)20)13(16)14(12)17/h6-7,9-10H,3-5,8H2,1-2H3,(H2,18,20). The van der Waals surface area contributed by atoms with Crippen LogP contribution in [0, 0.1) is 17.6 Å². The minimum atomic E-state index is -0.953. The summed E-state index contributed by atoms with van der Waals surface area (Å²) >= 11 is 4.72. The first-order chi connectivity index (χ1) is 9.41. The second kappa shape index (κ2) is 6.04. The first-order valence-corrected chi connectivity index (χ1v) is 7.33. The van der Waals surface area contributed by atoms with Crippen molar-refractivity contribution in [3.63, 3.8) is 0 Å². The lowest BCUT2D eigenvalue weighted by molar-refractivity contribution is 0.334. The van der Waals surface area contributed by atoms with Crippen molar-refractivity contribution in [1.82, 2.24) is 0 Å². The highest BCUT2D eigenvalue weighted by molar-refractivity contribution is 7.80. The molecule has 0 bridgehead atoms. The monoisotopic (exact) mass is 298 g/mol. The van der Waals surface area contributed by atoms with Gasteiger partial charge in [-0.3, -0.25) is 0 Å². The van der Waals surface area contributed by atoms with E-state index in [2.05, 4.69) is 6.92 Å². The molecule has 2 rings (SSSR count). The van der Waals surface area contributed by atoms with E-state index in [0.29, 0.717) is 5.92 Å². The lowest BCUT2D eigenvalue weighted by atomic mass is 9.86.